The van der Waals surface area contributed by atoms with Crippen LogP contribution in [0.1, 0.15) is 29.8 Å². The van der Waals surface area contributed by atoms with E-state index in [0.29, 0.717) is 25.2 Å². The molecule has 7 nitrogen and oxygen atoms in total. The first-order chi connectivity index (χ1) is 12.9. The average Bonchev–Trinajstić information content (AvgIpc) is 2.64. The maximum absolute atomic E-state index is 12.1. The second kappa shape index (κ2) is 11.5. The van der Waals surface area contributed by atoms with E-state index in [-0.39, 0.29) is 24.6 Å². The molecule has 0 saturated carbocycles. The Bertz CT molecular complexity index is 658. The molecule has 0 fully saturated rings. The quantitative estimate of drug-likeness (QED) is 0.486. The summed E-state index contributed by atoms with van der Waals surface area (Å²) in [5.41, 5.74) is 1.17. The van der Waals surface area contributed by atoms with Gasteiger partial charge in [0.15, 0.2) is 6.61 Å². The van der Waals surface area contributed by atoms with Gasteiger partial charge in [0.1, 0.15) is 0 Å². The summed E-state index contributed by atoms with van der Waals surface area (Å²) in [6.07, 6.45) is 3.19. The first-order valence-corrected chi connectivity index (χ1v) is 8.67. The Labute approximate surface area is 160 Å². The van der Waals surface area contributed by atoms with Crippen molar-refractivity contribution >= 4 is 17.9 Å². The first-order valence-electron chi connectivity index (χ1n) is 8.67. The normalized spacial score (nSPS) is 10.0. The Morgan fingerprint density at radius 1 is 1.11 bits per heavy atom. The predicted octanol–water partition coefficient (Wildman–Crippen LogP) is 2.25. The van der Waals surface area contributed by atoms with E-state index >= 15 is 0 Å². The Hall–Kier alpha value is -3.09. The van der Waals surface area contributed by atoms with Crippen LogP contribution in [0.5, 0.6) is 0 Å². The van der Waals surface area contributed by atoms with Crippen LogP contribution in [0.3, 0.4) is 0 Å². The Morgan fingerprint density at radius 2 is 1.70 bits per heavy atom. The molecule has 0 aliphatic heterocycles. The number of esters is 1. The summed E-state index contributed by atoms with van der Waals surface area (Å²) in [7, 11) is 0. The van der Waals surface area contributed by atoms with E-state index in [4.69, 9.17) is 4.74 Å². The maximum atomic E-state index is 12.1. The fraction of sp³-hybridized carbons (Fsp3) is 0.350. The number of nitrogens with zero attached hydrogens (tertiary/aromatic N) is 1. The molecule has 146 valence electrons. The third kappa shape index (κ3) is 8.22. The van der Waals surface area contributed by atoms with Crippen molar-refractivity contribution in [3.8, 4) is 0 Å². The zero-order valence-corrected chi connectivity index (χ0v) is 15.9. The van der Waals surface area contributed by atoms with Crippen LogP contribution in [0.25, 0.3) is 0 Å². The fourth-order valence-electron chi connectivity index (χ4n) is 2.15. The average molecular weight is 373 g/mol. The van der Waals surface area contributed by atoms with E-state index in [1.165, 1.54) is 4.90 Å². The molecule has 0 bridgehead atoms. The number of amides is 3. The van der Waals surface area contributed by atoms with Crippen molar-refractivity contribution in [2.24, 2.45) is 0 Å². The van der Waals surface area contributed by atoms with Gasteiger partial charge in [-0.2, -0.15) is 0 Å². The maximum Gasteiger partial charge on any atom is 0.338 e. The summed E-state index contributed by atoms with van der Waals surface area (Å²) in [6, 6.07) is 6.42. The molecule has 2 N–H and O–H groups in total. The Kier molecular flexibility index (Phi) is 9.36. The molecule has 3 amide bonds. The zero-order chi connectivity index (χ0) is 20.2. The van der Waals surface area contributed by atoms with Crippen molar-refractivity contribution in [3.63, 3.8) is 0 Å². The molecule has 0 heterocycles. The summed E-state index contributed by atoms with van der Waals surface area (Å²) in [4.78, 5) is 37.1. The van der Waals surface area contributed by atoms with Gasteiger partial charge in [-0.25, -0.2) is 9.59 Å². The predicted molar refractivity (Wildman–Crippen MR) is 104 cm³/mol. The van der Waals surface area contributed by atoms with E-state index in [1.54, 1.807) is 36.4 Å². The van der Waals surface area contributed by atoms with Crippen molar-refractivity contribution < 1.29 is 19.1 Å². The van der Waals surface area contributed by atoms with E-state index in [0.717, 1.165) is 5.56 Å². The summed E-state index contributed by atoms with van der Waals surface area (Å²) < 4.78 is 5.07. The number of nitrogens with one attached hydrogen (secondary N) is 2. The molecule has 7 heteroatoms. The van der Waals surface area contributed by atoms with Gasteiger partial charge in [-0.3, -0.25) is 4.79 Å². The van der Waals surface area contributed by atoms with Crippen LogP contribution in [0.2, 0.25) is 0 Å². The Morgan fingerprint density at radius 3 is 2.22 bits per heavy atom. The number of benzene rings is 1. The number of rotatable bonds is 10. The molecular weight excluding hydrogens is 346 g/mol. The van der Waals surface area contributed by atoms with Gasteiger partial charge in [-0.15, -0.1) is 13.2 Å². The lowest BCUT2D eigenvalue weighted by Gasteiger charge is -2.18. The molecule has 0 unspecified atom stereocenters. The summed E-state index contributed by atoms with van der Waals surface area (Å²) >= 11 is 0. The van der Waals surface area contributed by atoms with E-state index < -0.39 is 5.97 Å². The van der Waals surface area contributed by atoms with Gasteiger partial charge < -0.3 is 20.3 Å². The minimum Gasteiger partial charge on any atom is -0.452 e. The lowest BCUT2D eigenvalue weighted by molar-refractivity contribution is -0.133. The lowest BCUT2D eigenvalue weighted by atomic mass is 10.1. The third-order valence-corrected chi connectivity index (χ3v) is 3.44. The van der Waals surface area contributed by atoms with E-state index in [9.17, 15) is 14.4 Å². The van der Waals surface area contributed by atoms with Crippen LogP contribution in [0, 0.1) is 0 Å². The van der Waals surface area contributed by atoms with Crippen LogP contribution in [-0.4, -0.2) is 48.5 Å². The van der Waals surface area contributed by atoms with Crippen molar-refractivity contribution in [2.45, 2.75) is 26.4 Å². The van der Waals surface area contributed by atoms with Gasteiger partial charge in [0.2, 0.25) is 0 Å². The highest BCUT2D eigenvalue weighted by molar-refractivity contribution is 5.91. The monoisotopic (exact) mass is 373 g/mol. The largest absolute Gasteiger partial charge is 0.452 e. The summed E-state index contributed by atoms with van der Waals surface area (Å²) in [6.45, 7) is 11.6. The molecule has 0 aliphatic carbocycles. The van der Waals surface area contributed by atoms with Crippen LogP contribution >= 0.6 is 0 Å². The van der Waals surface area contributed by atoms with Gasteiger partial charge in [0, 0.05) is 25.7 Å². The summed E-state index contributed by atoms with van der Waals surface area (Å²) in [5.74, 6) is -0.905. The second-order valence-corrected chi connectivity index (χ2v) is 6.13. The van der Waals surface area contributed by atoms with Gasteiger partial charge in [0.25, 0.3) is 5.91 Å². The minimum absolute atomic E-state index is 0.0544. The molecular formula is C20H27N3O4. The van der Waals surface area contributed by atoms with Crippen molar-refractivity contribution in [2.75, 3.05) is 19.7 Å². The molecule has 0 aromatic heterocycles. The van der Waals surface area contributed by atoms with Crippen LogP contribution in [-0.2, 0) is 16.1 Å². The molecule has 1 aromatic rings. The van der Waals surface area contributed by atoms with Crippen LogP contribution < -0.4 is 10.6 Å². The van der Waals surface area contributed by atoms with E-state index in [1.807, 2.05) is 13.8 Å². The topological polar surface area (TPSA) is 87.7 Å². The van der Waals surface area contributed by atoms with Gasteiger partial charge in [-0.05, 0) is 31.5 Å². The molecule has 0 saturated heterocycles. The molecule has 0 aliphatic rings. The fourth-order valence-corrected chi connectivity index (χ4v) is 2.15. The van der Waals surface area contributed by atoms with Crippen LogP contribution in [0.4, 0.5) is 4.79 Å². The highest BCUT2D eigenvalue weighted by atomic mass is 16.5. The number of hydrogen-bond acceptors (Lipinski definition) is 4. The third-order valence-electron chi connectivity index (χ3n) is 3.44. The lowest BCUT2D eigenvalue weighted by Crippen LogP contribution is -2.39. The van der Waals surface area contributed by atoms with Gasteiger partial charge in [-0.1, -0.05) is 24.3 Å². The molecule has 0 spiro atoms. The second-order valence-electron chi connectivity index (χ2n) is 6.13. The Balaban J connectivity index is 2.51. The SMILES string of the molecule is C=CCN(CC=C)C(=O)COC(=O)c1ccc(CNC(=O)NC(C)C)cc1. The standard InChI is InChI=1S/C20H27N3O4/c1-5-11-23(12-6-2)18(24)14-27-19(25)17-9-7-16(8-10-17)13-21-20(26)22-15(3)4/h5-10,15H,1-2,11-14H2,3-4H3,(H2,21,22,26). The van der Waals surface area contributed by atoms with Crippen molar-refractivity contribution in [3.05, 3.63) is 60.7 Å². The minimum atomic E-state index is -0.586. The van der Waals surface area contributed by atoms with Gasteiger partial charge >= 0.3 is 12.0 Å². The van der Waals surface area contributed by atoms with E-state index in [2.05, 4.69) is 23.8 Å². The molecule has 1 aromatic carbocycles. The van der Waals surface area contributed by atoms with Crippen LogP contribution in [0.15, 0.2) is 49.6 Å². The van der Waals surface area contributed by atoms with Crippen molar-refractivity contribution in [1.82, 2.24) is 15.5 Å². The zero-order valence-electron chi connectivity index (χ0n) is 15.9. The highest BCUT2D eigenvalue weighted by Crippen LogP contribution is 2.06. The van der Waals surface area contributed by atoms with Crippen molar-refractivity contribution in [1.29, 1.82) is 0 Å². The number of carbonyl (C=O) groups is 3. The summed E-state index contributed by atoms with van der Waals surface area (Å²) in [5, 5.41) is 5.45. The number of ether oxygens (including phenoxy) is 1. The molecule has 0 radical (unpaired) electrons. The molecule has 27 heavy (non-hydrogen) atoms. The number of urea groups is 1. The molecule has 0 atom stereocenters. The number of carbonyl (C=O) groups excluding carboxylic acids is 3. The smallest absolute Gasteiger partial charge is 0.338 e. The first kappa shape index (κ1) is 22.0. The highest BCUT2D eigenvalue weighted by Gasteiger charge is 2.14. The van der Waals surface area contributed by atoms with Gasteiger partial charge in [0.05, 0.1) is 5.56 Å². The number of hydrogen-bond donors (Lipinski definition) is 2. The molecule has 1 rings (SSSR count).